The Kier molecular flexibility index (Phi) is 5.33. The molecule has 5 nitrogen and oxygen atoms in total. The fraction of sp³-hybridized carbons (Fsp3) is 0.0714. The van der Waals surface area contributed by atoms with E-state index >= 15 is 0 Å². The number of non-ortho nitro benzene ring substituents is 1. The van der Waals surface area contributed by atoms with E-state index in [9.17, 15) is 10.1 Å². The molecule has 0 aliphatic rings. The third-order valence-electron chi connectivity index (χ3n) is 2.78. The van der Waals surface area contributed by atoms with Crippen molar-refractivity contribution in [3.05, 3.63) is 61.6 Å². The molecule has 0 atom stereocenters. The van der Waals surface area contributed by atoms with Crippen molar-refractivity contribution in [1.82, 2.24) is 0 Å². The van der Waals surface area contributed by atoms with Crippen LogP contribution in [-0.2, 0) is 0 Å². The standard InChI is InChI=1S/C14H11BrClN3O2S/c1-8-2-5-12(10(15)6-8)17-14(22)18-13-7-9(19(20)21)3-4-11(13)16/h2-7H,1H3,(H2,17,18,22). The molecule has 0 bridgehead atoms. The highest BCUT2D eigenvalue weighted by atomic mass is 79.9. The summed E-state index contributed by atoms with van der Waals surface area (Å²) in [6.45, 7) is 1.98. The van der Waals surface area contributed by atoms with Gasteiger partial charge in [0.25, 0.3) is 5.69 Å². The van der Waals surface area contributed by atoms with Crippen molar-refractivity contribution in [1.29, 1.82) is 0 Å². The van der Waals surface area contributed by atoms with E-state index in [1.165, 1.54) is 18.2 Å². The summed E-state index contributed by atoms with van der Waals surface area (Å²) in [5, 5.41) is 17.3. The monoisotopic (exact) mass is 399 g/mol. The van der Waals surface area contributed by atoms with Crippen LogP contribution < -0.4 is 10.6 Å². The maximum atomic E-state index is 10.8. The lowest BCUT2D eigenvalue weighted by atomic mass is 10.2. The minimum absolute atomic E-state index is 0.0637. The first-order valence-corrected chi connectivity index (χ1v) is 7.73. The zero-order chi connectivity index (χ0) is 16.3. The number of halogens is 2. The molecule has 0 spiro atoms. The first-order valence-electron chi connectivity index (χ1n) is 6.15. The molecule has 0 aromatic heterocycles. The lowest BCUT2D eigenvalue weighted by molar-refractivity contribution is -0.384. The smallest absolute Gasteiger partial charge is 0.271 e. The summed E-state index contributed by atoms with van der Waals surface area (Å²) in [7, 11) is 0. The van der Waals surface area contributed by atoms with E-state index in [-0.39, 0.29) is 10.8 Å². The van der Waals surface area contributed by atoms with E-state index in [0.29, 0.717) is 10.7 Å². The van der Waals surface area contributed by atoms with E-state index < -0.39 is 4.92 Å². The Bertz CT molecular complexity index is 755. The van der Waals surface area contributed by atoms with Crippen LogP contribution in [0, 0.1) is 17.0 Å². The van der Waals surface area contributed by atoms with Crippen molar-refractivity contribution >= 4 is 61.9 Å². The Labute approximate surface area is 146 Å². The molecule has 0 aliphatic carbocycles. The van der Waals surface area contributed by atoms with Crippen molar-refractivity contribution in [2.45, 2.75) is 6.92 Å². The minimum atomic E-state index is -0.492. The van der Waals surface area contributed by atoms with Crippen molar-refractivity contribution in [2.24, 2.45) is 0 Å². The molecule has 0 amide bonds. The first kappa shape index (κ1) is 16.7. The molecular weight excluding hydrogens is 390 g/mol. The normalized spacial score (nSPS) is 10.1. The number of nitro groups is 1. The van der Waals surface area contributed by atoms with E-state index in [0.717, 1.165) is 15.7 Å². The first-order chi connectivity index (χ1) is 10.4. The third kappa shape index (κ3) is 4.16. The quantitative estimate of drug-likeness (QED) is 0.425. The van der Waals surface area contributed by atoms with E-state index in [1.807, 2.05) is 25.1 Å². The molecule has 0 aliphatic heterocycles. The lowest BCUT2D eigenvalue weighted by Crippen LogP contribution is -2.19. The number of anilines is 2. The van der Waals surface area contributed by atoms with Crippen LogP contribution in [-0.4, -0.2) is 10.0 Å². The van der Waals surface area contributed by atoms with Gasteiger partial charge in [0.05, 0.1) is 21.3 Å². The van der Waals surface area contributed by atoms with Crippen LogP contribution in [0.5, 0.6) is 0 Å². The molecule has 2 rings (SSSR count). The molecule has 22 heavy (non-hydrogen) atoms. The second-order valence-electron chi connectivity index (χ2n) is 4.48. The SMILES string of the molecule is Cc1ccc(NC(=S)Nc2cc([N+](=O)[O-])ccc2Cl)c(Br)c1. The highest BCUT2D eigenvalue weighted by Crippen LogP contribution is 2.28. The minimum Gasteiger partial charge on any atom is -0.332 e. The summed E-state index contributed by atoms with van der Waals surface area (Å²) in [5.41, 5.74) is 2.20. The molecule has 2 aromatic carbocycles. The van der Waals surface area contributed by atoms with Crippen LogP contribution in [0.3, 0.4) is 0 Å². The van der Waals surface area contributed by atoms with Crippen LogP contribution in [0.2, 0.25) is 5.02 Å². The van der Waals surface area contributed by atoms with Gasteiger partial charge in [-0.1, -0.05) is 17.7 Å². The number of hydrogen-bond acceptors (Lipinski definition) is 3. The summed E-state index contributed by atoms with van der Waals surface area (Å²) >= 11 is 14.7. The summed E-state index contributed by atoms with van der Waals surface area (Å²) in [6.07, 6.45) is 0. The Morgan fingerprint density at radius 3 is 2.55 bits per heavy atom. The van der Waals surface area contributed by atoms with Gasteiger partial charge >= 0.3 is 0 Å². The molecule has 0 radical (unpaired) electrons. The molecule has 0 fully saturated rings. The zero-order valence-electron chi connectivity index (χ0n) is 11.4. The van der Waals surface area contributed by atoms with Crippen LogP contribution in [0.25, 0.3) is 0 Å². The van der Waals surface area contributed by atoms with Gasteiger partial charge in [0, 0.05) is 16.6 Å². The molecule has 0 saturated heterocycles. The highest BCUT2D eigenvalue weighted by molar-refractivity contribution is 9.10. The molecular formula is C14H11BrClN3O2S. The van der Waals surface area contributed by atoms with Gasteiger partial charge in [-0.05, 0) is 58.8 Å². The molecule has 2 N–H and O–H groups in total. The number of nitrogens with one attached hydrogen (secondary N) is 2. The topological polar surface area (TPSA) is 67.2 Å². The van der Waals surface area contributed by atoms with Gasteiger partial charge in [-0.25, -0.2) is 0 Å². The van der Waals surface area contributed by atoms with Crippen LogP contribution >= 0.6 is 39.7 Å². The van der Waals surface area contributed by atoms with Gasteiger partial charge in [0.15, 0.2) is 5.11 Å². The summed E-state index contributed by atoms with van der Waals surface area (Å²) < 4.78 is 0.863. The number of thiocarbonyl (C=S) groups is 1. The number of benzene rings is 2. The van der Waals surface area contributed by atoms with Crippen molar-refractivity contribution in [3.63, 3.8) is 0 Å². The highest BCUT2D eigenvalue weighted by Gasteiger charge is 2.11. The van der Waals surface area contributed by atoms with Crippen LogP contribution in [0.15, 0.2) is 40.9 Å². The van der Waals surface area contributed by atoms with Gasteiger partial charge in [0.1, 0.15) is 0 Å². The Morgan fingerprint density at radius 2 is 1.91 bits per heavy atom. The average Bonchev–Trinajstić information content (AvgIpc) is 2.44. The average molecular weight is 401 g/mol. The maximum Gasteiger partial charge on any atom is 0.271 e. The van der Waals surface area contributed by atoms with E-state index in [4.69, 9.17) is 23.8 Å². The van der Waals surface area contributed by atoms with Crippen LogP contribution in [0.4, 0.5) is 17.1 Å². The summed E-state index contributed by atoms with van der Waals surface area (Å²) in [4.78, 5) is 10.3. The predicted octanol–water partition coefficient (Wildman–Crippen LogP) is 5.13. The Hall–Kier alpha value is -1.70. The van der Waals surface area contributed by atoms with Crippen molar-refractivity contribution < 1.29 is 4.92 Å². The number of aryl methyl sites for hydroxylation is 1. The second kappa shape index (κ2) is 7.04. The summed E-state index contributed by atoms with van der Waals surface area (Å²) in [6, 6.07) is 9.89. The fourth-order valence-electron chi connectivity index (χ4n) is 1.72. The number of nitro benzene ring substituents is 1. The Balaban J connectivity index is 2.15. The third-order valence-corrected chi connectivity index (χ3v) is 3.97. The Morgan fingerprint density at radius 1 is 1.23 bits per heavy atom. The van der Waals surface area contributed by atoms with E-state index in [1.54, 1.807) is 0 Å². The predicted molar refractivity (Wildman–Crippen MR) is 96.8 cm³/mol. The molecule has 114 valence electrons. The van der Waals surface area contributed by atoms with E-state index in [2.05, 4.69) is 26.6 Å². The molecule has 0 unspecified atom stereocenters. The van der Waals surface area contributed by atoms with Crippen molar-refractivity contribution in [3.8, 4) is 0 Å². The lowest BCUT2D eigenvalue weighted by Gasteiger charge is -2.13. The van der Waals surface area contributed by atoms with Gasteiger partial charge in [-0.2, -0.15) is 0 Å². The van der Waals surface area contributed by atoms with Gasteiger partial charge < -0.3 is 10.6 Å². The fourth-order valence-corrected chi connectivity index (χ4v) is 2.70. The summed E-state index contributed by atoms with van der Waals surface area (Å²) in [5.74, 6) is 0. The largest absolute Gasteiger partial charge is 0.332 e. The molecule has 8 heteroatoms. The van der Waals surface area contributed by atoms with Gasteiger partial charge in [-0.3, -0.25) is 10.1 Å². The molecule has 0 heterocycles. The molecule has 0 saturated carbocycles. The maximum absolute atomic E-state index is 10.8. The zero-order valence-corrected chi connectivity index (χ0v) is 14.6. The number of rotatable bonds is 3. The number of nitrogens with zero attached hydrogens (tertiary/aromatic N) is 1. The van der Waals surface area contributed by atoms with Crippen LogP contribution in [0.1, 0.15) is 5.56 Å². The van der Waals surface area contributed by atoms with Gasteiger partial charge in [-0.15, -0.1) is 0 Å². The second-order valence-corrected chi connectivity index (χ2v) is 6.15. The van der Waals surface area contributed by atoms with Gasteiger partial charge in [0.2, 0.25) is 0 Å². The molecule has 2 aromatic rings. The van der Waals surface area contributed by atoms with Crippen molar-refractivity contribution in [2.75, 3.05) is 10.6 Å². The number of hydrogen-bond donors (Lipinski definition) is 2.